The fourth-order valence-corrected chi connectivity index (χ4v) is 3.79. The van der Waals surface area contributed by atoms with Gasteiger partial charge in [0.15, 0.2) is 0 Å². The van der Waals surface area contributed by atoms with Gasteiger partial charge in [-0.05, 0) is 66.3 Å². The quantitative estimate of drug-likeness (QED) is 0.590. The first-order valence-electron chi connectivity index (χ1n) is 9.43. The van der Waals surface area contributed by atoms with Crippen LogP contribution in [0, 0.1) is 24.6 Å². The van der Waals surface area contributed by atoms with Crippen molar-refractivity contribution in [1.29, 1.82) is 0 Å². The number of rotatable bonds is 5. The normalized spacial score (nSPS) is 21.0. The molecule has 3 rings (SSSR count). The maximum Gasteiger partial charge on any atom is 0.126 e. The van der Waals surface area contributed by atoms with Crippen molar-refractivity contribution in [2.75, 3.05) is 0 Å². The smallest absolute Gasteiger partial charge is 0.126 e. The first-order chi connectivity index (χ1) is 11.6. The zero-order valence-corrected chi connectivity index (χ0v) is 15.0. The molecule has 0 unspecified atom stereocenters. The Hall–Kier alpha value is -1.63. The van der Waals surface area contributed by atoms with E-state index in [1.807, 2.05) is 12.1 Å². The number of halogens is 1. The van der Waals surface area contributed by atoms with Crippen molar-refractivity contribution in [2.45, 2.75) is 58.8 Å². The highest BCUT2D eigenvalue weighted by Gasteiger charge is 2.17. The van der Waals surface area contributed by atoms with E-state index in [-0.39, 0.29) is 5.82 Å². The topological polar surface area (TPSA) is 0 Å². The van der Waals surface area contributed by atoms with E-state index in [1.54, 1.807) is 13.0 Å². The SMILES string of the molecule is Cc1ccc(Cc2ccc(CCC3CCC(C)CC3)cc2)cc1F. The first-order valence-corrected chi connectivity index (χ1v) is 9.43. The molecule has 0 saturated heterocycles. The molecule has 0 nitrogen and oxygen atoms in total. The molecule has 0 heterocycles. The highest BCUT2D eigenvalue weighted by Crippen LogP contribution is 2.31. The van der Waals surface area contributed by atoms with Crippen molar-refractivity contribution in [2.24, 2.45) is 11.8 Å². The number of benzene rings is 2. The lowest BCUT2D eigenvalue weighted by atomic mass is 9.80. The van der Waals surface area contributed by atoms with Crippen molar-refractivity contribution in [3.05, 3.63) is 70.5 Å². The Balaban J connectivity index is 1.52. The highest BCUT2D eigenvalue weighted by molar-refractivity contribution is 5.31. The van der Waals surface area contributed by atoms with Crippen LogP contribution in [0.15, 0.2) is 42.5 Å². The van der Waals surface area contributed by atoms with Crippen LogP contribution < -0.4 is 0 Å². The van der Waals surface area contributed by atoms with E-state index in [1.165, 1.54) is 49.7 Å². The second kappa shape index (κ2) is 7.96. The van der Waals surface area contributed by atoms with Crippen molar-refractivity contribution in [1.82, 2.24) is 0 Å². The Labute approximate surface area is 146 Å². The minimum Gasteiger partial charge on any atom is -0.207 e. The van der Waals surface area contributed by atoms with Gasteiger partial charge in [0.05, 0.1) is 0 Å². The first kappa shape index (κ1) is 17.2. The Morgan fingerprint density at radius 2 is 1.50 bits per heavy atom. The van der Waals surface area contributed by atoms with Crippen molar-refractivity contribution < 1.29 is 4.39 Å². The van der Waals surface area contributed by atoms with Gasteiger partial charge in [-0.3, -0.25) is 0 Å². The molecule has 0 radical (unpaired) electrons. The average molecular weight is 324 g/mol. The van der Waals surface area contributed by atoms with Gasteiger partial charge in [-0.25, -0.2) is 4.39 Å². The van der Waals surface area contributed by atoms with Crippen LogP contribution in [0.5, 0.6) is 0 Å². The van der Waals surface area contributed by atoms with E-state index in [4.69, 9.17) is 0 Å². The molecule has 2 aromatic carbocycles. The molecule has 1 aliphatic rings. The summed E-state index contributed by atoms with van der Waals surface area (Å²) in [5.74, 6) is 1.76. The van der Waals surface area contributed by atoms with Gasteiger partial charge >= 0.3 is 0 Å². The molecule has 1 aliphatic carbocycles. The molecule has 128 valence electrons. The van der Waals surface area contributed by atoms with E-state index in [0.717, 1.165) is 23.8 Å². The Morgan fingerprint density at radius 3 is 2.17 bits per heavy atom. The van der Waals surface area contributed by atoms with E-state index in [0.29, 0.717) is 5.56 Å². The summed E-state index contributed by atoms with van der Waals surface area (Å²) in [6, 6.07) is 14.5. The maximum absolute atomic E-state index is 13.6. The van der Waals surface area contributed by atoms with Gasteiger partial charge in [-0.2, -0.15) is 0 Å². The molecule has 1 heteroatoms. The predicted molar refractivity (Wildman–Crippen MR) is 99.8 cm³/mol. The van der Waals surface area contributed by atoms with Crippen molar-refractivity contribution >= 4 is 0 Å². The van der Waals surface area contributed by atoms with Crippen LogP contribution in [-0.4, -0.2) is 0 Å². The van der Waals surface area contributed by atoms with Crippen molar-refractivity contribution in [3.8, 4) is 0 Å². The van der Waals surface area contributed by atoms with Gasteiger partial charge in [0.25, 0.3) is 0 Å². The second-order valence-electron chi connectivity index (χ2n) is 7.74. The number of hydrogen-bond acceptors (Lipinski definition) is 0. The summed E-state index contributed by atoms with van der Waals surface area (Å²) >= 11 is 0. The Bertz CT molecular complexity index is 648. The lowest BCUT2D eigenvalue weighted by molar-refractivity contribution is 0.278. The second-order valence-corrected chi connectivity index (χ2v) is 7.74. The van der Waals surface area contributed by atoms with E-state index in [2.05, 4.69) is 31.2 Å². The molecule has 1 saturated carbocycles. The summed E-state index contributed by atoms with van der Waals surface area (Å²) in [6.45, 7) is 4.19. The molecule has 0 N–H and O–H groups in total. The molecule has 0 bridgehead atoms. The summed E-state index contributed by atoms with van der Waals surface area (Å²) in [5, 5.41) is 0. The fraction of sp³-hybridized carbons (Fsp3) is 0.478. The maximum atomic E-state index is 13.6. The van der Waals surface area contributed by atoms with Crippen LogP contribution in [0.1, 0.15) is 61.3 Å². The van der Waals surface area contributed by atoms with Gasteiger partial charge in [0.1, 0.15) is 5.82 Å². The number of aryl methyl sites for hydroxylation is 2. The third-order valence-electron chi connectivity index (χ3n) is 5.64. The lowest BCUT2D eigenvalue weighted by Gasteiger charge is -2.26. The summed E-state index contributed by atoms with van der Waals surface area (Å²) in [7, 11) is 0. The minimum atomic E-state index is -0.106. The monoisotopic (exact) mass is 324 g/mol. The molecular formula is C23H29F. The van der Waals surface area contributed by atoms with Gasteiger partial charge in [-0.1, -0.05) is 69.0 Å². The van der Waals surface area contributed by atoms with E-state index >= 15 is 0 Å². The lowest BCUT2D eigenvalue weighted by Crippen LogP contribution is -2.12. The third kappa shape index (κ3) is 4.69. The van der Waals surface area contributed by atoms with Crippen molar-refractivity contribution in [3.63, 3.8) is 0 Å². The molecule has 0 amide bonds. The zero-order valence-electron chi connectivity index (χ0n) is 15.0. The average Bonchev–Trinajstić information content (AvgIpc) is 2.59. The van der Waals surface area contributed by atoms with Gasteiger partial charge in [0.2, 0.25) is 0 Å². The number of hydrogen-bond donors (Lipinski definition) is 0. The standard InChI is InChI=1S/C23H29F/c1-17-3-6-19(7-4-17)9-10-20-11-13-21(14-12-20)15-22-8-5-18(2)23(24)16-22/h5,8,11-14,16-17,19H,3-4,6-7,9-10,15H2,1-2H3. The molecule has 1 fully saturated rings. The largest absolute Gasteiger partial charge is 0.207 e. The molecular weight excluding hydrogens is 295 g/mol. The van der Waals surface area contributed by atoms with E-state index < -0.39 is 0 Å². The molecule has 0 aliphatic heterocycles. The Kier molecular flexibility index (Phi) is 5.71. The van der Waals surface area contributed by atoms with Crippen LogP contribution >= 0.6 is 0 Å². The third-order valence-corrected chi connectivity index (χ3v) is 5.64. The summed E-state index contributed by atoms with van der Waals surface area (Å²) in [5.41, 5.74) is 4.45. The molecule has 2 aromatic rings. The minimum absolute atomic E-state index is 0.106. The van der Waals surface area contributed by atoms with Crippen LogP contribution in [0.3, 0.4) is 0 Å². The van der Waals surface area contributed by atoms with Crippen LogP contribution in [0.4, 0.5) is 4.39 Å². The highest BCUT2D eigenvalue weighted by atomic mass is 19.1. The van der Waals surface area contributed by atoms with Gasteiger partial charge < -0.3 is 0 Å². The summed E-state index contributed by atoms with van der Waals surface area (Å²) in [6.07, 6.45) is 8.98. The summed E-state index contributed by atoms with van der Waals surface area (Å²) < 4.78 is 13.6. The molecule has 0 aromatic heterocycles. The fourth-order valence-electron chi connectivity index (χ4n) is 3.79. The van der Waals surface area contributed by atoms with Crippen LogP contribution in [0.2, 0.25) is 0 Å². The van der Waals surface area contributed by atoms with E-state index in [9.17, 15) is 4.39 Å². The predicted octanol–water partition coefficient (Wildman–Crippen LogP) is 6.48. The molecule has 0 spiro atoms. The van der Waals surface area contributed by atoms with Gasteiger partial charge in [0, 0.05) is 0 Å². The molecule has 0 atom stereocenters. The Morgan fingerprint density at radius 1 is 0.875 bits per heavy atom. The zero-order chi connectivity index (χ0) is 16.9. The van der Waals surface area contributed by atoms with Crippen LogP contribution in [-0.2, 0) is 12.8 Å². The van der Waals surface area contributed by atoms with Crippen LogP contribution in [0.25, 0.3) is 0 Å². The summed E-state index contributed by atoms with van der Waals surface area (Å²) in [4.78, 5) is 0. The van der Waals surface area contributed by atoms with Gasteiger partial charge in [-0.15, -0.1) is 0 Å². The molecule has 24 heavy (non-hydrogen) atoms.